The van der Waals surface area contributed by atoms with Crippen LogP contribution in [0.2, 0.25) is 0 Å². The van der Waals surface area contributed by atoms with E-state index in [2.05, 4.69) is 9.88 Å². The molecule has 0 saturated carbocycles. The smallest absolute Gasteiger partial charge is 0.253 e. The van der Waals surface area contributed by atoms with Crippen LogP contribution in [0.5, 0.6) is 0 Å². The Labute approximate surface area is 175 Å². The Kier molecular flexibility index (Phi) is 5.97. The maximum atomic E-state index is 12.9. The molecule has 1 atom stereocenters. The normalized spacial score (nSPS) is 16.0. The van der Waals surface area contributed by atoms with Crippen molar-refractivity contribution in [3.63, 3.8) is 0 Å². The summed E-state index contributed by atoms with van der Waals surface area (Å²) in [4.78, 5) is 31.3. The summed E-state index contributed by atoms with van der Waals surface area (Å²) in [6.07, 6.45) is 0.217. The minimum Gasteiger partial charge on any atom is -0.388 e. The van der Waals surface area contributed by atoms with Crippen LogP contribution in [0.4, 0.5) is 0 Å². The van der Waals surface area contributed by atoms with Crippen molar-refractivity contribution in [1.29, 1.82) is 0 Å². The van der Waals surface area contributed by atoms with Gasteiger partial charge in [0.2, 0.25) is 5.56 Å². The summed E-state index contributed by atoms with van der Waals surface area (Å²) >= 11 is 0. The predicted molar refractivity (Wildman–Crippen MR) is 118 cm³/mol. The molecule has 0 radical (unpaired) electrons. The molecule has 0 aliphatic carbocycles. The fourth-order valence-electron chi connectivity index (χ4n) is 3.90. The molecular formula is C24H27N3O3. The molecule has 1 aromatic heterocycles. The highest BCUT2D eigenvalue weighted by Gasteiger charge is 2.22. The van der Waals surface area contributed by atoms with E-state index in [4.69, 9.17) is 0 Å². The van der Waals surface area contributed by atoms with Crippen LogP contribution in [0.15, 0.2) is 59.4 Å². The topological polar surface area (TPSA) is 76.6 Å². The van der Waals surface area contributed by atoms with Crippen molar-refractivity contribution in [3.05, 3.63) is 81.6 Å². The number of nitrogens with zero attached hydrogens (tertiary/aromatic N) is 2. The van der Waals surface area contributed by atoms with Gasteiger partial charge in [-0.3, -0.25) is 14.5 Å². The van der Waals surface area contributed by atoms with E-state index < -0.39 is 6.10 Å². The Morgan fingerprint density at radius 2 is 1.77 bits per heavy atom. The first-order valence-electron chi connectivity index (χ1n) is 10.4. The average Bonchev–Trinajstić information content (AvgIpc) is 2.77. The van der Waals surface area contributed by atoms with Gasteiger partial charge in [-0.05, 0) is 48.6 Å². The molecule has 156 valence electrons. The maximum absolute atomic E-state index is 12.9. The summed E-state index contributed by atoms with van der Waals surface area (Å²) < 4.78 is 0. The molecule has 1 amide bonds. The number of aryl methyl sites for hydroxylation is 1. The molecule has 6 heteroatoms. The summed E-state index contributed by atoms with van der Waals surface area (Å²) in [5, 5.41) is 11.3. The third-order valence-corrected chi connectivity index (χ3v) is 5.81. The highest BCUT2D eigenvalue weighted by Crippen LogP contribution is 2.19. The van der Waals surface area contributed by atoms with Crippen molar-refractivity contribution in [1.82, 2.24) is 14.8 Å². The number of hydrogen-bond acceptors (Lipinski definition) is 4. The molecule has 1 fully saturated rings. The van der Waals surface area contributed by atoms with Gasteiger partial charge in [-0.15, -0.1) is 0 Å². The lowest BCUT2D eigenvalue weighted by Gasteiger charge is -2.35. The van der Waals surface area contributed by atoms with Crippen molar-refractivity contribution in [3.8, 4) is 0 Å². The zero-order valence-electron chi connectivity index (χ0n) is 17.2. The number of hydrogen-bond donors (Lipinski definition) is 2. The fraction of sp³-hybridized carbons (Fsp3) is 0.333. The Hall–Kier alpha value is -2.96. The number of H-pyrrole nitrogens is 1. The standard InChI is InChI=1S/C24H27N3O3/c1-17-2-4-18(5-3-17)22(28)10-11-26-12-14-27(15-13-26)24(30)20-6-8-21-19(16-20)7-9-23(29)25-21/h2-9,16,22,28H,10-15H2,1H3,(H,25,29). The molecular weight excluding hydrogens is 378 g/mol. The number of nitrogens with one attached hydrogen (secondary N) is 1. The van der Waals surface area contributed by atoms with Crippen LogP contribution in [0.1, 0.15) is 34.0 Å². The average molecular weight is 405 g/mol. The van der Waals surface area contributed by atoms with Crippen LogP contribution in [0.25, 0.3) is 10.9 Å². The SMILES string of the molecule is Cc1ccc(C(O)CCN2CCN(C(=O)c3ccc4[nH]c(=O)ccc4c3)CC2)cc1. The number of aromatic amines is 1. The van der Waals surface area contributed by atoms with Gasteiger partial charge in [-0.2, -0.15) is 0 Å². The van der Waals surface area contributed by atoms with Crippen LogP contribution in [-0.2, 0) is 0 Å². The zero-order valence-corrected chi connectivity index (χ0v) is 17.2. The first-order chi connectivity index (χ1) is 14.5. The highest BCUT2D eigenvalue weighted by molar-refractivity contribution is 5.98. The second-order valence-electron chi connectivity index (χ2n) is 7.97. The molecule has 0 spiro atoms. The number of amides is 1. The summed E-state index contributed by atoms with van der Waals surface area (Å²) in [5.74, 6) is 0.0161. The van der Waals surface area contributed by atoms with Gasteiger partial charge in [0.15, 0.2) is 0 Å². The lowest BCUT2D eigenvalue weighted by Crippen LogP contribution is -2.49. The van der Waals surface area contributed by atoms with E-state index in [1.54, 1.807) is 18.2 Å². The highest BCUT2D eigenvalue weighted by atomic mass is 16.3. The van der Waals surface area contributed by atoms with Gasteiger partial charge in [-0.1, -0.05) is 29.8 Å². The Bertz CT molecular complexity index is 1080. The van der Waals surface area contributed by atoms with Crippen LogP contribution in [0, 0.1) is 6.92 Å². The minimum absolute atomic E-state index is 0.0161. The number of carbonyl (C=O) groups is 1. The molecule has 4 rings (SSSR count). The molecule has 1 unspecified atom stereocenters. The first-order valence-corrected chi connectivity index (χ1v) is 10.4. The largest absolute Gasteiger partial charge is 0.388 e. The van der Waals surface area contributed by atoms with Gasteiger partial charge in [0.1, 0.15) is 0 Å². The quantitative estimate of drug-likeness (QED) is 0.684. The Balaban J connectivity index is 1.30. The van der Waals surface area contributed by atoms with E-state index in [9.17, 15) is 14.7 Å². The number of aliphatic hydroxyl groups excluding tert-OH is 1. The van der Waals surface area contributed by atoms with Crippen molar-refractivity contribution < 1.29 is 9.90 Å². The lowest BCUT2D eigenvalue weighted by atomic mass is 10.0. The Morgan fingerprint density at radius 1 is 1.03 bits per heavy atom. The molecule has 1 aliphatic rings. The van der Waals surface area contributed by atoms with E-state index >= 15 is 0 Å². The first kappa shape index (κ1) is 20.3. The van der Waals surface area contributed by atoms with Crippen molar-refractivity contribution in [2.45, 2.75) is 19.4 Å². The van der Waals surface area contributed by atoms with Crippen LogP contribution in [0.3, 0.4) is 0 Å². The van der Waals surface area contributed by atoms with E-state index in [1.807, 2.05) is 42.2 Å². The molecule has 0 bridgehead atoms. The van der Waals surface area contributed by atoms with Gasteiger partial charge in [0, 0.05) is 49.9 Å². The number of fused-ring (bicyclic) bond motifs is 1. The summed E-state index contributed by atoms with van der Waals surface area (Å²) in [6, 6.07) is 16.6. The van der Waals surface area contributed by atoms with Gasteiger partial charge in [-0.25, -0.2) is 0 Å². The monoisotopic (exact) mass is 405 g/mol. The van der Waals surface area contributed by atoms with Crippen LogP contribution >= 0.6 is 0 Å². The van der Waals surface area contributed by atoms with Crippen molar-refractivity contribution in [2.24, 2.45) is 0 Å². The van der Waals surface area contributed by atoms with Gasteiger partial charge in [0.25, 0.3) is 5.91 Å². The number of piperazine rings is 1. The van der Waals surface area contributed by atoms with Crippen LogP contribution < -0.4 is 5.56 Å². The van der Waals surface area contributed by atoms with Crippen LogP contribution in [-0.4, -0.2) is 58.5 Å². The molecule has 2 heterocycles. The third kappa shape index (κ3) is 4.61. The molecule has 2 N–H and O–H groups in total. The number of rotatable bonds is 5. The summed E-state index contributed by atoms with van der Waals surface area (Å²) in [5.41, 5.74) is 3.36. The number of benzene rings is 2. The maximum Gasteiger partial charge on any atom is 0.253 e. The van der Waals surface area contributed by atoms with E-state index in [0.717, 1.165) is 36.1 Å². The number of aromatic nitrogens is 1. The summed E-state index contributed by atoms with van der Waals surface area (Å²) in [7, 11) is 0. The molecule has 1 saturated heterocycles. The predicted octanol–water partition coefficient (Wildman–Crippen LogP) is 2.72. The number of aliphatic hydroxyl groups is 1. The van der Waals surface area contributed by atoms with Crippen molar-refractivity contribution in [2.75, 3.05) is 32.7 Å². The molecule has 2 aromatic carbocycles. The van der Waals surface area contributed by atoms with Crippen molar-refractivity contribution >= 4 is 16.8 Å². The number of pyridine rings is 1. The molecule has 1 aliphatic heterocycles. The second-order valence-corrected chi connectivity index (χ2v) is 7.97. The van der Waals surface area contributed by atoms with Gasteiger partial charge < -0.3 is 15.0 Å². The molecule has 3 aromatic rings. The molecule has 30 heavy (non-hydrogen) atoms. The fourth-order valence-corrected chi connectivity index (χ4v) is 3.90. The third-order valence-electron chi connectivity index (χ3n) is 5.81. The van der Waals surface area contributed by atoms with Gasteiger partial charge in [0.05, 0.1) is 6.10 Å². The second kappa shape index (κ2) is 8.81. The van der Waals surface area contributed by atoms with E-state index in [1.165, 1.54) is 11.6 Å². The van der Waals surface area contributed by atoms with E-state index in [0.29, 0.717) is 25.1 Å². The Morgan fingerprint density at radius 3 is 2.50 bits per heavy atom. The lowest BCUT2D eigenvalue weighted by molar-refractivity contribution is 0.0607. The molecule has 6 nitrogen and oxygen atoms in total. The minimum atomic E-state index is -0.464. The number of carbonyl (C=O) groups excluding carboxylic acids is 1. The van der Waals surface area contributed by atoms with E-state index in [-0.39, 0.29) is 11.5 Å². The van der Waals surface area contributed by atoms with Gasteiger partial charge >= 0.3 is 0 Å². The zero-order chi connectivity index (χ0) is 21.1. The summed E-state index contributed by atoms with van der Waals surface area (Å²) in [6.45, 7) is 5.78.